The minimum Gasteiger partial charge on any atom is -0.490 e. The van der Waals surface area contributed by atoms with E-state index >= 15 is 4.39 Å². The van der Waals surface area contributed by atoms with Gasteiger partial charge in [-0.15, -0.1) is 11.3 Å². The number of benzene rings is 1. The fraction of sp³-hybridized carbons (Fsp3) is 0.344. The van der Waals surface area contributed by atoms with Gasteiger partial charge in [0.25, 0.3) is 0 Å². The van der Waals surface area contributed by atoms with E-state index in [9.17, 15) is 9.18 Å². The Kier molecular flexibility index (Phi) is 8.01. The van der Waals surface area contributed by atoms with Gasteiger partial charge >= 0.3 is 0 Å². The van der Waals surface area contributed by atoms with E-state index in [-0.39, 0.29) is 42.4 Å². The minimum absolute atomic E-state index is 0.0451. The zero-order valence-corrected chi connectivity index (χ0v) is 25.0. The van der Waals surface area contributed by atoms with Crippen molar-refractivity contribution in [1.29, 1.82) is 0 Å². The molecule has 1 aromatic carbocycles. The molecule has 43 heavy (non-hydrogen) atoms. The van der Waals surface area contributed by atoms with Gasteiger partial charge in [-0.2, -0.15) is 5.10 Å². The van der Waals surface area contributed by atoms with Crippen LogP contribution in [0.5, 0.6) is 5.75 Å². The lowest BCUT2D eigenvalue weighted by Gasteiger charge is -2.33. The van der Waals surface area contributed by atoms with Gasteiger partial charge in [-0.25, -0.2) is 13.8 Å². The van der Waals surface area contributed by atoms with Crippen molar-refractivity contribution in [2.24, 2.45) is 5.92 Å². The van der Waals surface area contributed by atoms with Crippen LogP contribution in [0.2, 0.25) is 0 Å². The molecule has 1 saturated heterocycles. The van der Waals surface area contributed by atoms with Gasteiger partial charge in [0, 0.05) is 60.4 Å². The number of aromatic nitrogens is 3. The second kappa shape index (κ2) is 11.9. The average molecular weight is 604 g/mol. The first-order chi connectivity index (χ1) is 20.8. The molecular weight excluding hydrogens is 572 g/mol. The van der Waals surface area contributed by atoms with Crippen LogP contribution in [0.1, 0.15) is 24.4 Å². The summed E-state index contributed by atoms with van der Waals surface area (Å²) in [4.78, 5) is 21.5. The van der Waals surface area contributed by atoms with Crippen molar-refractivity contribution < 1.29 is 23.0 Å². The molecule has 222 valence electrons. The molecule has 1 fully saturated rings. The molecule has 2 aliphatic heterocycles. The number of carbonyl (C=O) groups excluding carboxylic acids is 1. The molecule has 0 aliphatic carbocycles. The molecule has 0 spiro atoms. The van der Waals surface area contributed by atoms with Gasteiger partial charge in [-0.1, -0.05) is 12.5 Å². The molecule has 0 saturated carbocycles. The standard InChI is InChI=1S/C32H31F2N5O3S/c1-5-28(40)38-9-10-39-26(19(38)2)16-25(36-39)31-30(29-23(34)14-21(33)15-27(29)42-12-11-41-4)32-22(8-13-43-32)24(35-31)7-6-20-17-37(3)18-20/h5,8,13-16,19-20H,1,9-12,17-18H2,2-4H3/t19-/m1/s1. The molecule has 6 rings (SSSR count). The number of pyridine rings is 1. The SMILES string of the molecule is C=CC(=O)N1CCn2nc(-c3nc(C#CC4CN(C)C4)c4ccsc4c3-c3c(F)cc(F)cc3OCCOC)cc2[C@H]1C. The summed E-state index contributed by atoms with van der Waals surface area (Å²) in [6, 6.07) is 5.56. The maximum absolute atomic E-state index is 15.9. The van der Waals surface area contributed by atoms with Gasteiger partial charge in [0.05, 0.1) is 30.5 Å². The highest BCUT2D eigenvalue weighted by Crippen LogP contribution is 2.45. The predicted octanol–water partition coefficient (Wildman–Crippen LogP) is 5.13. The summed E-state index contributed by atoms with van der Waals surface area (Å²) >= 11 is 1.42. The number of hydrogen-bond donors (Lipinski definition) is 0. The Morgan fingerprint density at radius 3 is 2.77 bits per heavy atom. The summed E-state index contributed by atoms with van der Waals surface area (Å²) in [5, 5.41) is 7.56. The molecule has 5 heterocycles. The smallest absolute Gasteiger partial charge is 0.246 e. The molecule has 0 bridgehead atoms. The van der Waals surface area contributed by atoms with Crippen molar-refractivity contribution in [3.05, 3.63) is 65.3 Å². The Balaban J connectivity index is 1.57. The zero-order valence-electron chi connectivity index (χ0n) is 24.2. The summed E-state index contributed by atoms with van der Waals surface area (Å²) in [6.07, 6.45) is 1.31. The number of thiophene rings is 1. The van der Waals surface area contributed by atoms with Crippen LogP contribution in [-0.2, 0) is 16.1 Å². The first kappa shape index (κ1) is 29.0. The highest BCUT2D eigenvalue weighted by molar-refractivity contribution is 7.17. The number of carbonyl (C=O) groups is 1. The topological polar surface area (TPSA) is 72.7 Å². The van der Waals surface area contributed by atoms with Gasteiger partial charge in [0.15, 0.2) is 0 Å². The summed E-state index contributed by atoms with van der Waals surface area (Å²) < 4.78 is 43.9. The van der Waals surface area contributed by atoms with E-state index in [1.165, 1.54) is 30.6 Å². The highest BCUT2D eigenvalue weighted by Gasteiger charge is 2.31. The van der Waals surface area contributed by atoms with E-state index < -0.39 is 11.6 Å². The fourth-order valence-electron chi connectivity index (χ4n) is 5.68. The molecule has 4 aromatic rings. The first-order valence-corrected chi connectivity index (χ1v) is 14.9. The maximum Gasteiger partial charge on any atom is 0.246 e. The van der Waals surface area contributed by atoms with Crippen LogP contribution in [0.15, 0.2) is 42.3 Å². The Hall–Kier alpha value is -4.11. The van der Waals surface area contributed by atoms with E-state index in [0.29, 0.717) is 35.7 Å². The summed E-state index contributed by atoms with van der Waals surface area (Å²) in [7, 11) is 3.58. The van der Waals surface area contributed by atoms with Crippen LogP contribution in [0.3, 0.4) is 0 Å². The first-order valence-electron chi connectivity index (χ1n) is 14.0. The number of amides is 1. The van der Waals surface area contributed by atoms with Crippen molar-refractivity contribution in [2.75, 3.05) is 47.0 Å². The number of halogens is 2. The second-order valence-electron chi connectivity index (χ2n) is 10.7. The molecule has 0 unspecified atom stereocenters. The lowest BCUT2D eigenvalue weighted by molar-refractivity contribution is -0.129. The van der Waals surface area contributed by atoms with E-state index in [2.05, 4.69) is 30.4 Å². The molecule has 1 atom stereocenters. The molecule has 1 amide bonds. The van der Waals surface area contributed by atoms with Crippen LogP contribution in [-0.4, -0.2) is 77.5 Å². The van der Waals surface area contributed by atoms with Crippen molar-refractivity contribution in [1.82, 2.24) is 24.6 Å². The minimum atomic E-state index is -0.776. The molecule has 0 radical (unpaired) electrons. The molecular formula is C32H31F2N5O3S. The number of ether oxygens (including phenoxy) is 2. The largest absolute Gasteiger partial charge is 0.490 e. The Morgan fingerprint density at radius 1 is 1.21 bits per heavy atom. The summed E-state index contributed by atoms with van der Waals surface area (Å²) in [5.74, 6) is 5.22. The Labute approximate surface area is 252 Å². The van der Waals surface area contributed by atoms with E-state index in [1.807, 2.05) is 29.1 Å². The monoisotopic (exact) mass is 603 g/mol. The van der Waals surface area contributed by atoms with Gasteiger partial charge < -0.3 is 19.3 Å². The summed E-state index contributed by atoms with van der Waals surface area (Å²) in [6.45, 7) is 8.64. The van der Waals surface area contributed by atoms with Crippen LogP contribution in [0.25, 0.3) is 32.6 Å². The third-order valence-electron chi connectivity index (χ3n) is 7.84. The van der Waals surface area contributed by atoms with Gasteiger partial charge in [0.2, 0.25) is 5.91 Å². The van der Waals surface area contributed by atoms with Gasteiger partial charge in [0.1, 0.15) is 41.1 Å². The van der Waals surface area contributed by atoms with Crippen molar-refractivity contribution >= 4 is 27.3 Å². The number of rotatable bonds is 7. The van der Waals surface area contributed by atoms with Crippen molar-refractivity contribution in [3.63, 3.8) is 0 Å². The number of methoxy groups -OCH3 is 1. The average Bonchev–Trinajstić information content (AvgIpc) is 3.63. The van der Waals surface area contributed by atoms with Crippen LogP contribution >= 0.6 is 11.3 Å². The quantitative estimate of drug-likeness (QED) is 0.166. The molecule has 2 aliphatic rings. The van der Waals surface area contributed by atoms with Crippen molar-refractivity contribution in [3.8, 4) is 40.1 Å². The number of nitrogens with zero attached hydrogens (tertiary/aromatic N) is 5. The van der Waals surface area contributed by atoms with E-state index in [1.54, 1.807) is 4.90 Å². The van der Waals surface area contributed by atoms with E-state index in [4.69, 9.17) is 19.6 Å². The highest BCUT2D eigenvalue weighted by atomic mass is 32.1. The number of likely N-dealkylation sites (tertiary alicyclic amines) is 1. The molecule has 3 aromatic heterocycles. The van der Waals surface area contributed by atoms with E-state index in [0.717, 1.165) is 34.9 Å². The fourth-order valence-corrected chi connectivity index (χ4v) is 6.62. The molecule has 11 heteroatoms. The normalized spacial score (nSPS) is 16.9. The molecule has 8 nitrogen and oxygen atoms in total. The van der Waals surface area contributed by atoms with Crippen molar-refractivity contribution in [2.45, 2.75) is 19.5 Å². The predicted molar refractivity (Wildman–Crippen MR) is 162 cm³/mol. The van der Waals surface area contributed by atoms with Gasteiger partial charge in [-0.3, -0.25) is 9.48 Å². The third-order valence-corrected chi connectivity index (χ3v) is 8.77. The van der Waals surface area contributed by atoms with Crippen LogP contribution in [0.4, 0.5) is 8.78 Å². The van der Waals surface area contributed by atoms with Crippen LogP contribution < -0.4 is 4.74 Å². The third kappa shape index (κ3) is 5.42. The lowest BCUT2D eigenvalue weighted by atomic mass is 9.97. The zero-order chi connectivity index (χ0) is 30.2. The second-order valence-corrected chi connectivity index (χ2v) is 11.6. The maximum atomic E-state index is 15.9. The lowest BCUT2D eigenvalue weighted by Crippen LogP contribution is -2.42. The Morgan fingerprint density at radius 2 is 2.02 bits per heavy atom. The molecule has 0 N–H and O–H groups in total. The summed E-state index contributed by atoms with van der Waals surface area (Å²) in [5.41, 5.74) is 2.83. The number of hydrogen-bond acceptors (Lipinski definition) is 7. The number of fused-ring (bicyclic) bond motifs is 2. The Bertz CT molecular complexity index is 1780. The van der Waals surface area contributed by atoms with Gasteiger partial charge in [-0.05, 0) is 43.5 Å². The van der Waals surface area contributed by atoms with Crippen LogP contribution in [0, 0.1) is 29.4 Å².